The number of hydrogen-bond acceptors (Lipinski definition) is 8. The largest absolute Gasteiger partial charge is 0.460 e. The molecule has 1 aliphatic rings. The fourth-order valence-corrected chi connectivity index (χ4v) is 6.21. The van der Waals surface area contributed by atoms with Gasteiger partial charge < -0.3 is 33.2 Å². The van der Waals surface area contributed by atoms with Crippen LogP contribution in [0.1, 0.15) is 27.8 Å². The molecule has 7 nitrogen and oxygen atoms in total. The Morgan fingerprint density at radius 1 is 0.564 bits per heavy atom. The number of para-hydroxylation sites is 1. The predicted molar refractivity (Wildman–Crippen MR) is 196 cm³/mol. The van der Waals surface area contributed by atoms with Crippen LogP contribution < -0.4 is 9.47 Å². The van der Waals surface area contributed by atoms with Gasteiger partial charge in [0.1, 0.15) is 24.1 Å². The number of aryl methyl sites for hydroxylation is 2. The molecule has 0 bridgehead atoms. The third kappa shape index (κ3) is 9.85. The molecule has 0 radical (unpaired) electrons. The lowest BCUT2D eigenvalue weighted by Gasteiger charge is -2.45. The lowest BCUT2D eigenvalue weighted by molar-refractivity contribution is -0.297. The topological polar surface area (TPSA) is 64.6 Å². The van der Waals surface area contributed by atoms with E-state index in [0.717, 1.165) is 27.8 Å². The predicted octanol–water partition coefficient (Wildman–Crippen LogP) is 9.24. The van der Waals surface area contributed by atoms with Gasteiger partial charge in [0.15, 0.2) is 6.10 Å². The molecule has 0 unspecified atom stereocenters. The molecule has 5 aromatic carbocycles. The molecule has 55 heavy (non-hydrogen) atoms. The van der Waals surface area contributed by atoms with Gasteiger partial charge in [-0.2, -0.15) is 8.78 Å². The highest BCUT2D eigenvalue weighted by Crippen LogP contribution is 2.35. The Balaban J connectivity index is 1.39. The van der Waals surface area contributed by atoms with Crippen molar-refractivity contribution in [1.82, 2.24) is 0 Å². The number of ether oxygens (including phenoxy) is 7. The zero-order valence-electron chi connectivity index (χ0n) is 29.8. The molecule has 13 heteroatoms. The SMILES string of the molecule is Cc1cccc(C)c1O[C@@H]1O[C@H](COCc2ccccc2)[C@@H](OCc2ccccc2)[C@H](OCc2ccccc2)[C@H]1OC(=S)Oc1c(F)c(F)c(F)c(F)c1F. The Bertz CT molecular complexity index is 1990. The Labute approximate surface area is 320 Å². The normalized spacial score (nSPS) is 19.5. The lowest BCUT2D eigenvalue weighted by atomic mass is 9.97. The van der Waals surface area contributed by atoms with Gasteiger partial charge in [-0.1, -0.05) is 109 Å². The molecule has 5 atom stereocenters. The Kier molecular flexibility index (Phi) is 13.5. The van der Waals surface area contributed by atoms with E-state index in [1.54, 1.807) is 0 Å². The molecule has 1 fully saturated rings. The summed E-state index contributed by atoms with van der Waals surface area (Å²) in [7, 11) is 0. The summed E-state index contributed by atoms with van der Waals surface area (Å²) in [5, 5.41) is -0.999. The highest BCUT2D eigenvalue weighted by atomic mass is 32.1. The van der Waals surface area contributed by atoms with Crippen molar-refractivity contribution in [3.8, 4) is 11.5 Å². The monoisotopic (exact) mass is 780 g/mol. The van der Waals surface area contributed by atoms with Crippen LogP contribution in [0.3, 0.4) is 0 Å². The number of halogens is 5. The van der Waals surface area contributed by atoms with E-state index in [2.05, 4.69) is 0 Å². The van der Waals surface area contributed by atoms with Gasteiger partial charge in [0.05, 0.1) is 26.4 Å². The van der Waals surface area contributed by atoms with Gasteiger partial charge in [0.2, 0.25) is 41.1 Å². The van der Waals surface area contributed by atoms with Crippen molar-refractivity contribution in [2.45, 2.75) is 64.4 Å². The molecule has 0 amide bonds. The number of benzene rings is 5. The van der Waals surface area contributed by atoms with E-state index in [-0.39, 0.29) is 26.4 Å². The number of hydrogen-bond donors (Lipinski definition) is 0. The number of rotatable bonds is 14. The van der Waals surface area contributed by atoms with Crippen molar-refractivity contribution in [3.05, 3.63) is 166 Å². The fourth-order valence-electron chi connectivity index (χ4n) is 6.02. The molecule has 1 aliphatic heterocycles. The van der Waals surface area contributed by atoms with Crippen molar-refractivity contribution in [3.63, 3.8) is 0 Å². The molecular formula is C42H37F5O7S. The van der Waals surface area contributed by atoms with Crippen molar-refractivity contribution >= 4 is 17.5 Å². The van der Waals surface area contributed by atoms with E-state index >= 15 is 0 Å². The second kappa shape index (κ2) is 18.6. The first-order valence-electron chi connectivity index (χ1n) is 17.3. The summed E-state index contributed by atoms with van der Waals surface area (Å²) in [6, 6.07) is 33.5. The van der Waals surface area contributed by atoms with Crippen LogP contribution >= 0.6 is 12.2 Å². The van der Waals surface area contributed by atoms with E-state index in [4.69, 9.17) is 45.4 Å². The van der Waals surface area contributed by atoms with Gasteiger partial charge in [-0.3, -0.25) is 0 Å². The van der Waals surface area contributed by atoms with Crippen LogP contribution in [-0.4, -0.2) is 42.5 Å². The average molecular weight is 781 g/mol. The second-order valence-corrected chi connectivity index (χ2v) is 13.1. The van der Waals surface area contributed by atoms with Crippen LogP contribution in [0.25, 0.3) is 0 Å². The highest BCUT2D eigenvalue weighted by molar-refractivity contribution is 7.79. The minimum absolute atomic E-state index is 0.00954. The molecule has 1 heterocycles. The van der Waals surface area contributed by atoms with Crippen molar-refractivity contribution in [2.24, 2.45) is 0 Å². The summed E-state index contributed by atoms with van der Waals surface area (Å²) < 4.78 is 115. The van der Waals surface area contributed by atoms with Gasteiger partial charge in [-0.25, -0.2) is 13.2 Å². The first-order chi connectivity index (χ1) is 26.6. The van der Waals surface area contributed by atoms with E-state index in [1.165, 1.54) is 0 Å². The average Bonchev–Trinajstić information content (AvgIpc) is 3.20. The molecule has 5 aromatic rings. The summed E-state index contributed by atoms with van der Waals surface area (Å²) in [5.74, 6) is -12.5. The van der Waals surface area contributed by atoms with Crippen LogP contribution in [0.5, 0.6) is 11.5 Å². The summed E-state index contributed by atoms with van der Waals surface area (Å²) >= 11 is 5.24. The highest BCUT2D eigenvalue weighted by Gasteiger charge is 2.51. The lowest BCUT2D eigenvalue weighted by Crippen LogP contribution is -2.63. The Morgan fingerprint density at radius 2 is 1.04 bits per heavy atom. The maximum Gasteiger partial charge on any atom is 0.358 e. The third-order valence-corrected chi connectivity index (χ3v) is 8.96. The van der Waals surface area contributed by atoms with Crippen molar-refractivity contribution in [1.29, 1.82) is 0 Å². The number of thiocarbonyl (C=S) groups is 1. The maximum absolute atomic E-state index is 14.7. The van der Waals surface area contributed by atoms with Crippen LogP contribution in [-0.2, 0) is 43.5 Å². The molecule has 0 saturated carbocycles. The van der Waals surface area contributed by atoms with Crippen molar-refractivity contribution in [2.75, 3.05) is 6.61 Å². The minimum atomic E-state index is -2.36. The van der Waals surface area contributed by atoms with Gasteiger partial charge in [-0.05, 0) is 41.7 Å². The van der Waals surface area contributed by atoms with Crippen LogP contribution in [0.2, 0.25) is 0 Å². The molecule has 6 rings (SSSR count). The van der Waals surface area contributed by atoms with E-state index < -0.39 is 70.8 Å². The molecule has 0 aliphatic carbocycles. The minimum Gasteiger partial charge on any atom is -0.460 e. The van der Waals surface area contributed by atoms with Crippen LogP contribution in [0, 0.1) is 42.9 Å². The zero-order valence-corrected chi connectivity index (χ0v) is 30.6. The maximum atomic E-state index is 14.7. The van der Waals surface area contributed by atoms with Crippen LogP contribution in [0.4, 0.5) is 22.0 Å². The quantitative estimate of drug-likeness (QED) is 0.0479. The molecule has 0 aromatic heterocycles. The summed E-state index contributed by atoms with van der Waals surface area (Å²) in [5.41, 5.74) is 3.99. The molecular weight excluding hydrogens is 744 g/mol. The first-order valence-corrected chi connectivity index (χ1v) is 17.7. The van der Waals surface area contributed by atoms with Gasteiger partial charge in [0.25, 0.3) is 0 Å². The van der Waals surface area contributed by atoms with Crippen molar-refractivity contribution < 1.29 is 55.1 Å². The Morgan fingerprint density at radius 3 is 1.56 bits per heavy atom. The summed E-state index contributed by atoms with van der Waals surface area (Å²) in [6.45, 7) is 4.00. The van der Waals surface area contributed by atoms with E-state index in [9.17, 15) is 22.0 Å². The molecule has 0 N–H and O–H groups in total. The zero-order chi connectivity index (χ0) is 38.9. The van der Waals surface area contributed by atoms with Gasteiger partial charge in [0, 0.05) is 12.2 Å². The molecule has 1 saturated heterocycles. The standard InChI is InChI=1S/C42H37F5O7S/c1-25-13-12-14-26(2)36(25)52-41-40(54-42(55)53-38-34(46)32(44)31(43)33(45)35(38)47)39(50-23-29-19-10-5-11-20-29)37(49-22-28-17-8-4-9-18-28)30(51-41)24-48-21-27-15-6-3-7-16-27/h3-20,30,37,39-41H,21-24H2,1-2H3/t30-,37-,39+,40-,41+/m1/s1. The first kappa shape index (κ1) is 39.8. The second-order valence-electron chi connectivity index (χ2n) is 12.7. The van der Waals surface area contributed by atoms with Gasteiger partial charge >= 0.3 is 5.24 Å². The summed E-state index contributed by atoms with van der Waals surface area (Å²) in [4.78, 5) is 0. The van der Waals surface area contributed by atoms with Crippen LogP contribution in [0.15, 0.2) is 109 Å². The fraction of sp³-hybridized carbons (Fsp3) is 0.262. The van der Waals surface area contributed by atoms with E-state index in [1.807, 2.05) is 123 Å². The molecule has 288 valence electrons. The Hall–Kier alpha value is -4.92. The smallest absolute Gasteiger partial charge is 0.358 e. The molecule has 0 spiro atoms. The van der Waals surface area contributed by atoms with E-state index in [0.29, 0.717) is 5.75 Å². The van der Waals surface area contributed by atoms with Gasteiger partial charge in [-0.15, -0.1) is 0 Å². The summed E-state index contributed by atoms with van der Waals surface area (Å²) in [6.07, 6.45) is -5.76. The third-order valence-electron chi connectivity index (χ3n) is 8.79.